The second-order valence-corrected chi connectivity index (χ2v) is 9.58. The number of halogens is 2. The molecule has 1 heterocycles. The summed E-state index contributed by atoms with van der Waals surface area (Å²) in [6.07, 6.45) is 6.21. The molecule has 0 unspecified atom stereocenters. The highest BCUT2D eigenvalue weighted by Crippen LogP contribution is 2.46. The number of amides is 1. The number of nitrogens with zero attached hydrogens (tertiary/aromatic N) is 2. The highest BCUT2D eigenvalue weighted by Gasteiger charge is 2.47. The predicted molar refractivity (Wildman–Crippen MR) is 108 cm³/mol. The third-order valence-electron chi connectivity index (χ3n) is 6.59. The van der Waals surface area contributed by atoms with Crippen molar-refractivity contribution in [1.82, 2.24) is 9.80 Å². The van der Waals surface area contributed by atoms with Crippen LogP contribution in [0.5, 0.6) is 5.75 Å². The molecule has 4 nitrogen and oxygen atoms in total. The third kappa shape index (κ3) is 4.30. The zero-order chi connectivity index (χ0) is 19.9. The Labute approximate surface area is 172 Å². The van der Waals surface area contributed by atoms with Gasteiger partial charge in [-0.25, -0.2) is 4.39 Å². The summed E-state index contributed by atoms with van der Waals surface area (Å²) >= 11 is 6.35. The van der Waals surface area contributed by atoms with Gasteiger partial charge in [-0.2, -0.15) is 0 Å². The summed E-state index contributed by atoms with van der Waals surface area (Å²) in [5, 5.41) is 0.445. The van der Waals surface area contributed by atoms with Crippen LogP contribution < -0.4 is 4.74 Å². The summed E-state index contributed by atoms with van der Waals surface area (Å²) in [4.78, 5) is 16.5. The molecule has 3 aliphatic rings. The van der Waals surface area contributed by atoms with Crippen LogP contribution >= 0.6 is 11.6 Å². The van der Waals surface area contributed by atoms with E-state index in [1.165, 1.54) is 18.9 Å². The van der Waals surface area contributed by atoms with Crippen molar-refractivity contribution in [3.8, 4) is 5.75 Å². The Balaban J connectivity index is 1.27. The third-order valence-corrected chi connectivity index (χ3v) is 6.92. The maximum absolute atomic E-state index is 14.6. The molecule has 0 atom stereocenters. The van der Waals surface area contributed by atoms with E-state index in [0.717, 1.165) is 45.3 Å². The van der Waals surface area contributed by atoms with Gasteiger partial charge < -0.3 is 9.64 Å². The number of hydrogen-bond acceptors (Lipinski definition) is 3. The van der Waals surface area contributed by atoms with Crippen molar-refractivity contribution < 1.29 is 13.9 Å². The van der Waals surface area contributed by atoms with Crippen molar-refractivity contribution >= 4 is 17.5 Å². The number of carbonyl (C=O) groups excluding carboxylic acids is 1. The number of benzene rings is 1. The van der Waals surface area contributed by atoms with E-state index in [1.807, 2.05) is 18.9 Å². The maximum Gasteiger partial charge on any atom is 0.228 e. The summed E-state index contributed by atoms with van der Waals surface area (Å²) in [7, 11) is 1.90. The van der Waals surface area contributed by atoms with Crippen molar-refractivity contribution in [2.75, 3.05) is 26.7 Å². The smallest absolute Gasteiger partial charge is 0.228 e. The standard InChI is InChI=1S/C22H30ClFN2O2/c1-22(5-6-22)21(27)25(2)13-15-9-16(10-15)28-17-11-19(23)18(20(24)12-17)14-26-7-3-4-8-26/h11-12,15-16H,3-10,13-14H2,1-2H3. The van der Waals surface area contributed by atoms with Crippen molar-refractivity contribution in [1.29, 1.82) is 0 Å². The number of ether oxygens (including phenoxy) is 1. The maximum atomic E-state index is 14.6. The zero-order valence-corrected chi connectivity index (χ0v) is 17.6. The summed E-state index contributed by atoms with van der Waals surface area (Å²) in [6.45, 7) is 5.40. The molecule has 0 N–H and O–H groups in total. The lowest BCUT2D eigenvalue weighted by Gasteiger charge is -2.38. The van der Waals surface area contributed by atoms with E-state index in [2.05, 4.69) is 4.90 Å². The van der Waals surface area contributed by atoms with Crippen molar-refractivity contribution in [2.24, 2.45) is 11.3 Å². The normalized spacial score (nSPS) is 26.0. The largest absolute Gasteiger partial charge is 0.490 e. The molecule has 0 radical (unpaired) electrons. The van der Waals surface area contributed by atoms with Crippen molar-refractivity contribution in [3.63, 3.8) is 0 Å². The molecule has 0 spiro atoms. The van der Waals surface area contributed by atoms with Crippen LogP contribution in [0.3, 0.4) is 0 Å². The minimum absolute atomic E-state index is 0.0740. The molecule has 1 aromatic carbocycles. The van der Waals surface area contributed by atoms with Gasteiger partial charge in [0.2, 0.25) is 5.91 Å². The summed E-state index contributed by atoms with van der Waals surface area (Å²) < 4.78 is 20.5. The Morgan fingerprint density at radius 2 is 2.00 bits per heavy atom. The molecule has 4 rings (SSSR count). The zero-order valence-electron chi connectivity index (χ0n) is 16.8. The van der Waals surface area contributed by atoms with Gasteiger partial charge in [-0.15, -0.1) is 0 Å². The molecule has 1 saturated heterocycles. The Morgan fingerprint density at radius 1 is 1.32 bits per heavy atom. The lowest BCUT2D eigenvalue weighted by atomic mass is 9.81. The van der Waals surface area contributed by atoms with Crippen molar-refractivity contribution in [3.05, 3.63) is 28.5 Å². The first-order valence-electron chi connectivity index (χ1n) is 10.5. The molecule has 1 amide bonds. The molecular weight excluding hydrogens is 379 g/mol. The van der Waals surface area contributed by atoms with Gasteiger partial charge in [0.25, 0.3) is 0 Å². The molecule has 3 fully saturated rings. The van der Waals surface area contributed by atoms with Crippen LogP contribution in [0, 0.1) is 17.2 Å². The number of rotatable bonds is 7. The monoisotopic (exact) mass is 408 g/mol. The van der Waals surface area contributed by atoms with E-state index >= 15 is 0 Å². The lowest BCUT2D eigenvalue weighted by molar-refractivity contribution is -0.136. The Hall–Kier alpha value is -1.33. The average molecular weight is 409 g/mol. The number of carbonyl (C=O) groups is 1. The molecule has 1 aromatic rings. The van der Waals surface area contributed by atoms with E-state index in [4.69, 9.17) is 16.3 Å². The van der Waals surface area contributed by atoms with Crippen LogP contribution in [0.2, 0.25) is 5.02 Å². The Kier molecular flexibility index (Phi) is 5.58. The Morgan fingerprint density at radius 3 is 2.61 bits per heavy atom. The van der Waals surface area contributed by atoms with Crippen LogP contribution in [0.25, 0.3) is 0 Å². The quantitative estimate of drug-likeness (QED) is 0.666. The molecule has 28 heavy (non-hydrogen) atoms. The van der Waals surface area contributed by atoms with E-state index in [9.17, 15) is 9.18 Å². The van der Waals surface area contributed by atoms with Crippen LogP contribution in [0.1, 0.15) is 51.0 Å². The van der Waals surface area contributed by atoms with Gasteiger partial charge in [0.05, 0.1) is 11.1 Å². The van der Waals surface area contributed by atoms with Gasteiger partial charge in [-0.05, 0) is 63.6 Å². The fraction of sp³-hybridized carbons (Fsp3) is 0.682. The summed E-state index contributed by atoms with van der Waals surface area (Å²) in [5.41, 5.74) is 0.454. The van der Waals surface area contributed by atoms with Gasteiger partial charge in [0.1, 0.15) is 11.6 Å². The molecule has 1 aliphatic heterocycles. The lowest BCUT2D eigenvalue weighted by Crippen LogP contribution is -2.43. The van der Waals surface area contributed by atoms with Crippen LogP contribution in [-0.2, 0) is 11.3 Å². The van der Waals surface area contributed by atoms with E-state index in [-0.39, 0.29) is 23.2 Å². The van der Waals surface area contributed by atoms with Gasteiger partial charge in [-0.1, -0.05) is 18.5 Å². The predicted octanol–water partition coefficient (Wildman–Crippen LogP) is 4.49. The van der Waals surface area contributed by atoms with Gasteiger partial charge in [0.15, 0.2) is 0 Å². The van der Waals surface area contributed by atoms with E-state index < -0.39 is 0 Å². The minimum atomic E-state index is -0.284. The summed E-state index contributed by atoms with van der Waals surface area (Å²) in [5.74, 6) is 0.940. The highest BCUT2D eigenvalue weighted by atomic mass is 35.5. The highest BCUT2D eigenvalue weighted by molar-refractivity contribution is 6.31. The Bertz CT molecular complexity index is 717. The first-order chi connectivity index (χ1) is 13.3. The molecule has 154 valence electrons. The van der Waals surface area contributed by atoms with Crippen LogP contribution in [-0.4, -0.2) is 48.5 Å². The average Bonchev–Trinajstić information content (AvgIpc) is 3.15. The van der Waals surface area contributed by atoms with Gasteiger partial charge in [0, 0.05) is 37.2 Å². The molecular formula is C22H30ClFN2O2. The van der Waals surface area contributed by atoms with Crippen molar-refractivity contribution in [2.45, 2.75) is 58.1 Å². The van der Waals surface area contributed by atoms with Gasteiger partial charge >= 0.3 is 0 Å². The molecule has 6 heteroatoms. The second kappa shape index (κ2) is 7.83. The molecule has 2 aliphatic carbocycles. The molecule has 0 aromatic heterocycles. The first-order valence-corrected chi connectivity index (χ1v) is 10.8. The molecule has 2 saturated carbocycles. The fourth-order valence-corrected chi connectivity index (χ4v) is 4.67. The minimum Gasteiger partial charge on any atom is -0.490 e. The van der Waals surface area contributed by atoms with E-state index in [1.54, 1.807) is 6.07 Å². The van der Waals surface area contributed by atoms with Crippen LogP contribution in [0.15, 0.2) is 12.1 Å². The summed E-state index contributed by atoms with van der Waals surface area (Å²) in [6, 6.07) is 3.21. The molecule has 0 bridgehead atoms. The van der Waals surface area contributed by atoms with Gasteiger partial charge in [-0.3, -0.25) is 9.69 Å². The first kappa shape index (κ1) is 20.0. The van der Waals surface area contributed by atoms with Crippen LogP contribution in [0.4, 0.5) is 4.39 Å². The number of hydrogen-bond donors (Lipinski definition) is 0. The van der Waals surface area contributed by atoms with E-state index in [0.29, 0.717) is 28.8 Å². The topological polar surface area (TPSA) is 32.8 Å². The fourth-order valence-electron chi connectivity index (χ4n) is 4.41. The number of likely N-dealkylation sites (tertiary alicyclic amines) is 1. The SMILES string of the molecule is CN(CC1CC(Oc2cc(F)c(CN3CCCC3)c(Cl)c2)C1)C(=O)C1(C)CC1. The second-order valence-electron chi connectivity index (χ2n) is 9.17.